The average Bonchev–Trinajstić information content (AvgIpc) is 2.93. The maximum absolute atomic E-state index is 12.0. The van der Waals surface area contributed by atoms with E-state index < -0.39 is 10.0 Å². The third-order valence-corrected chi connectivity index (χ3v) is 4.24. The monoisotopic (exact) mass is 318 g/mol. The number of nitrogens with one attached hydrogen (secondary N) is 2. The van der Waals surface area contributed by atoms with Gasteiger partial charge in [-0.05, 0) is 26.3 Å². The normalized spacial score (nSPS) is 11.9. The molecule has 1 aromatic heterocycles. The molecule has 0 radical (unpaired) electrons. The summed E-state index contributed by atoms with van der Waals surface area (Å²) < 4.78 is 33.4. The Bertz CT molecular complexity index is 487. The third kappa shape index (κ3) is 7.03. The zero-order chi connectivity index (χ0) is 15.6. The summed E-state index contributed by atoms with van der Waals surface area (Å²) in [5.41, 5.74) is 0. The second-order valence-electron chi connectivity index (χ2n) is 4.64. The number of nitrogens with zero attached hydrogens (tertiary/aromatic N) is 2. The molecular weight excluding hydrogens is 292 g/mol. The largest absolute Gasteiger partial charge is 0.382 e. The highest BCUT2D eigenvalue weighted by molar-refractivity contribution is 7.89. The molecule has 0 aromatic carbocycles. The van der Waals surface area contributed by atoms with Crippen LogP contribution in [0.5, 0.6) is 0 Å². The Morgan fingerprint density at radius 3 is 2.81 bits per heavy atom. The second-order valence-corrected chi connectivity index (χ2v) is 6.40. The van der Waals surface area contributed by atoms with Crippen LogP contribution in [0, 0.1) is 0 Å². The van der Waals surface area contributed by atoms with Crippen molar-refractivity contribution in [3.8, 4) is 0 Å². The van der Waals surface area contributed by atoms with E-state index in [0.717, 1.165) is 19.5 Å². The number of rotatable bonds is 12. The van der Waals surface area contributed by atoms with Gasteiger partial charge >= 0.3 is 0 Å². The van der Waals surface area contributed by atoms with Gasteiger partial charge in [-0.15, -0.1) is 0 Å². The molecule has 2 N–H and O–H groups in total. The molecule has 0 aliphatic heterocycles. The van der Waals surface area contributed by atoms with Crippen molar-refractivity contribution in [3.05, 3.63) is 12.4 Å². The van der Waals surface area contributed by atoms with Gasteiger partial charge in [0, 0.05) is 32.5 Å². The van der Waals surface area contributed by atoms with Crippen LogP contribution in [0.4, 0.5) is 0 Å². The summed E-state index contributed by atoms with van der Waals surface area (Å²) in [6.45, 7) is 7.96. The molecule has 0 saturated heterocycles. The Hall–Kier alpha value is -0.960. The Kier molecular flexibility index (Phi) is 8.51. The van der Waals surface area contributed by atoms with Crippen molar-refractivity contribution in [2.75, 3.05) is 32.8 Å². The number of aromatic nitrogens is 2. The van der Waals surface area contributed by atoms with Crippen LogP contribution in [0.1, 0.15) is 26.7 Å². The molecule has 0 bridgehead atoms. The van der Waals surface area contributed by atoms with Crippen molar-refractivity contribution in [3.63, 3.8) is 0 Å². The molecule has 0 fully saturated rings. The molecule has 1 aromatic rings. The van der Waals surface area contributed by atoms with Gasteiger partial charge in [-0.25, -0.2) is 13.1 Å². The van der Waals surface area contributed by atoms with Crippen LogP contribution in [-0.2, 0) is 21.3 Å². The second kappa shape index (κ2) is 9.88. The molecule has 8 heteroatoms. The van der Waals surface area contributed by atoms with Crippen molar-refractivity contribution in [1.29, 1.82) is 0 Å². The molecule has 21 heavy (non-hydrogen) atoms. The first kappa shape index (κ1) is 18.1. The van der Waals surface area contributed by atoms with Crippen LogP contribution in [0.25, 0.3) is 0 Å². The van der Waals surface area contributed by atoms with Gasteiger partial charge in [0.25, 0.3) is 0 Å². The van der Waals surface area contributed by atoms with Crippen LogP contribution in [0.2, 0.25) is 0 Å². The summed E-state index contributed by atoms with van der Waals surface area (Å²) in [6, 6.07) is 0. The minimum Gasteiger partial charge on any atom is -0.382 e. The van der Waals surface area contributed by atoms with E-state index in [0.29, 0.717) is 32.7 Å². The van der Waals surface area contributed by atoms with Crippen molar-refractivity contribution in [2.45, 2.75) is 38.1 Å². The highest BCUT2D eigenvalue weighted by Gasteiger charge is 2.15. The number of ether oxygens (including phenoxy) is 1. The predicted octanol–water partition coefficient (Wildman–Crippen LogP) is 0.588. The molecule has 0 aliphatic rings. The molecule has 7 nitrogen and oxygen atoms in total. The Morgan fingerprint density at radius 1 is 1.29 bits per heavy atom. The molecule has 0 spiro atoms. The summed E-state index contributed by atoms with van der Waals surface area (Å²) in [7, 11) is -3.47. The molecule has 0 unspecified atom stereocenters. The lowest BCUT2D eigenvalue weighted by molar-refractivity contribution is 0.146. The quantitative estimate of drug-likeness (QED) is 0.551. The fourth-order valence-electron chi connectivity index (χ4n) is 1.71. The first-order valence-corrected chi connectivity index (χ1v) is 8.89. The smallest absolute Gasteiger partial charge is 0.243 e. The molecule has 0 atom stereocenters. The van der Waals surface area contributed by atoms with E-state index >= 15 is 0 Å². The van der Waals surface area contributed by atoms with E-state index in [2.05, 4.69) is 22.1 Å². The molecule has 0 amide bonds. The van der Waals surface area contributed by atoms with E-state index in [9.17, 15) is 8.42 Å². The van der Waals surface area contributed by atoms with Crippen LogP contribution >= 0.6 is 0 Å². The van der Waals surface area contributed by atoms with Gasteiger partial charge < -0.3 is 10.1 Å². The van der Waals surface area contributed by atoms with Crippen LogP contribution in [-0.4, -0.2) is 51.0 Å². The molecule has 122 valence electrons. The van der Waals surface area contributed by atoms with E-state index in [1.165, 1.54) is 6.20 Å². The summed E-state index contributed by atoms with van der Waals surface area (Å²) in [4.78, 5) is 0.203. The highest BCUT2D eigenvalue weighted by atomic mass is 32.2. The van der Waals surface area contributed by atoms with Gasteiger partial charge in [0.2, 0.25) is 10.0 Å². The van der Waals surface area contributed by atoms with Gasteiger partial charge in [0.15, 0.2) is 0 Å². The number of sulfonamides is 1. The van der Waals surface area contributed by atoms with Crippen molar-refractivity contribution in [2.24, 2.45) is 0 Å². The van der Waals surface area contributed by atoms with Crippen LogP contribution in [0.15, 0.2) is 17.3 Å². The third-order valence-electron chi connectivity index (χ3n) is 2.83. The molecule has 1 rings (SSSR count). The highest BCUT2D eigenvalue weighted by Crippen LogP contribution is 2.06. The zero-order valence-corrected chi connectivity index (χ0v) is 13.7. The molecule has 1 heterocycles. The maximum Gasteiger partial charge on any atom is 0.243 e. The van der Waals surface area contributed by atoms with Crippen molar-refractivity contribution < 1.29 is 13.2 Å². The van der Waals surface area contributed by atoms with E-state index in [1.54, 1.807) is 10.9 Å². The van der Waals surface area contributed by atoms with Gasteiger partial charge in [-0.2, -0.15) is 5.10 Å². The first-order valence-electron chi connectivity index (χ1n) is 7.40. The van der Waals surface area contributed by atoms with Crippen LogP contribution < -0.4 is 10.0 Å². The van der Waals surface area contributed by atoms with Gasteiger partial charge in [0.05, 0.1) is 12.7 Å². The topological polar surface area (TPSA) is 85.2 Å². The maximum atomic E-state index is 12.0. The van der Waals surface area contributed by atoms with E-state index in [-0.39, 0.29) is 4.90 Å². The standard InChI is InChI=1S/C13H26N4O3S/c1-3-6-14-8-9-17-12-13(11-15-17)21(18,19)16-7-5-10-20-4-2/h11-12,14,16H,3-10H2,1-2H3. The molecular formula is C13H26N4O3S. The fourth-order valence-corrected chi connectivity index (χ4v) is 2.74. The Balaban J connectivity index is 2.39. The lowest BCUT2D eigenvalue weighted by Crippen LogP contribution is -2.25. The summed E-state index contributed by atoms with van der Waals surface area (Å²) >= 11 is 0. The van der Waals surface area contributed by atoms with Crippen LogP contribution in [0.3, 0.4) is 0 Å². The summed E-state index contributed by atoms with van der Waals surface area (Å²) in [5.74, 6) is 0. The summed E-state index contributed by atoms with van der Waals surface area (Å²) in [5, 5.41) is 7.32. The van der Waals surface area contributed by atoms with Gasteiger partial charge in [-0.3, -0.25) is 4.68 Å². The average molecular weight is 318 g/mol. The van der Waals surface area contributed by atoms with Gasteiger partial charge in [-0.1, -0.05) is 6.92 Å². The first-order chi connectivity index (χ1) is 10.1. The Labute approximate surface area is 127 Å². The molecule has 0 saturated carbocycles. The van der Waals surface area contributed by atoms with E-state index in [4.69, 9.17) is 4.74 Å². The SMILES string of the molecule is CCCNCCn1cc(S(=O)(=O)NCCCOCC)cn1. The predicted molar refractivity (Wildman–Crippen MR) is 81.7 cm³/mol. The van der Waals surface area contributed by atoms with Crippen molar-refractivity contribution in [1.82, 2.24) is 19.8 Å². The van der Waals surface area contributed by atoms with Crippen molar-refractivity contribution >= 4 is 10.0 Å². The number of hydrogen-bond donors (Lipinski definition) is 2. The van der Waals surface area contributed by atoms with E-state index in [1.807, 2.05) is 6.92 Å². The van der Waals surface area contributed by atoms with Gasteiger partial charge in [0.1, 0.15) is 4.90 Å². The fraction of sp³-hybridized carbons (Fsp3) is 0.769. The lowest BCUT2D eigenvalue weighted by atomic mass is 10.5. The zero-order valence-electron chi connectivity index (χ0n) is 12.8. The minimum absolute atomic E-state index is 0.203. The minimum atomic E-state index is -3.47. The summed E-state index contributed by atoms with van der Waals surface area (Å²) in [6.07, 6.45) is 4.66. The number of hydrogen-bond acceptors (Lipinski definition) is 5. The lowest BCUT2D eigenvalue weighted by Gasteiger charge is -2.05. The Morgan fingerprint density at radius 2 is 2.10 bits per heavy atom. The molecule has 0 aliphatic carbocycles.